The number of anilines is 8. The summed E-state index contributed by atoms with van der Waals surface area (Å²) in [7, 11) is -6.64. The van der Waals surface area contributed by atoms with Gasteiger partial charge in [-0.25, -0.2) is 0 Å². The number of rotatable bonds is 24. The average molecular weight is 937 g/mol. The summed E-state index contributed by atoms with van der Waals surface area (Å²) in [4.78, 5) is 31.3. The Morgan fingerprint density at radius 1 is 0.547 bits per heavy atom. The summed E-state index contributed by atoms with van der Waals surface area (Å²) in [6, 6.07) is 7.62. The van der Waals surface area contributed by atoms with Crippen molar-refractivity contribution in [3.05, 3.63) is 47.5 Å². The Morgan fingerprint density at radius 3 is 1.17 bits per heavy atom. The largest absolute Gasteiger partial charge is 0.395 e. The van der Waals surface area contributed by atoms with Crippen LogP contribution in [0.2, 0.25) is 0 Å². The van der Waals surface area contributed by atoms with Gasteiger partial charge in [-0.2, -0.15) is 46.7 Å². The standard InChI is InChI=1S/C38H56N12O12S2/c1-23(53)19-47(5)35-41-33(43-37(45-35)49(13-15-51)21-25(3)55)39-29-11-9-27(31(17-29)63(57,58)59)7-8-28-10-12-30(18-32(28)64(60,61)62)40-34-42-36(48(6)20-24(2)54)46-38(44-34)50(14-16-52)22-26(4)56/h7-12,17-18,23-26,51-56H,13-16,19-22H2,1-6H3,(H,57,58,59)(H,60,61,62)(H,39,41,43,45)(H,40,42,44,46). The second-order valence-electron chi connectivity index (χ2n) is 15.1. The van der Waals surface area contributed by atoms with Crippen LogP contribution in [-0.4, -0.2) is 177 Å². The fourth-order valence-electron chi connectivity index (χ4n) is 6.21. The van der Waals surface area contributed by atoms with Gasteiger partial charge in [0.2, 0.25) is 35.7 Å². The lowest BCUT2D eigenvalue weighted by Crippen LogP contribution is -2.36. The van der Waals surface area contributed by atoms with Crippen LogP contribution in [0.25, 0.3) is 12.2 Å². The van der Waals surface area contributed by atoms with Gasteiger partial charge in [0.25, 0.3) is 20.2 Å². The topological polar surface area (TPSA) is 344 Å². The van der Waals surface area contributed by atoms with Crippen LogP contribution in [0, 0.1) is 0 Å². The van der Waals surface area contributed by atoms with Crippen molar-refractivity contribution in [2.24, 2.45) is 0 Å². The van der Waals surface area contributed by atoms with Crippen molar-refractivity contribution >= 4 is 79.5 Å². The molecule has 26 heteroatoms. The van der Waals surface area contributed by atoms with Gasteiger partial charge in [-0.15, -0.1) is 0 Å². The lowest BCUT2D eigenvalue weighted by Gasteiger charge is -2.25. The van der Waals surface area contributed by atoms with E-state index in [2.05, 4.69) is 40.5 Å². The minimum Gasteiger partial charge on any atom is -0.395 e. The Morgan fingerprint density at radius 2 is 0.875 bits per heavy atom. The zero-order chi connectivity index (χ0) is 47.5. The van der Waals surface area contributed by atoms with E-state index in [0.717, 1.165) is 12.1 Å². The van der Waals surface area contributed by atoms with Gasteiger partial charge >= 0.3 is 0 Å². The van der Waals surface area contributed by atoms with Gasteiger partial charge in [0, 0.05) is 64.7 Å². The van der Waals surface area contributed by atoms with E-state index >= 15 is 0 Å². The number of hydrogen-bond donors (Lipinski definition) is 10. The first kappa shape index (κ1) is 51.2. The Hall–Kier alpha value is -5.42. The Labute approximate surface area is 371 Å². The smallest absolute Gasteiger partial charge is 0.295 e. The van der Waals surface area contributed by atoms with Gasteiger partial charge in [-0.1, -0.05) is 24.3 Å². The molecule has 0 bridgehead atoms. The van der Waals surface area contributed by atoms with Crippen molar-refractivity contribution < 1.29 is 56.6 Å². The molecule has 0 aliphatic rings. The highest BCUT2D eigenvalue weighted by Crippen LogP contribution is 2.29. The molecule has 4 atom stereocenters. The van der Waals surface area contributed by atoms with Crippen LogP contribution in [0.15, 0.2) is 46.2 Å². The highest BCUT2D eigenvalue weighted by molar-refractivity contribution is 7.86. The van der Waals surface area contributed by atoms with E-state index in [9.17, 15) is 56.6 Å². The third kappa shape index (κ3) is 15.1. The summed E-state index contributed by atoms with van der Waals surface area (Å²) < 4.78 is 71.4. The number of aromatic nitrogens is 6. The average Bonchev–Trinajstić information content (AvgIpc) is 3.18. The maximum atomic E-state index is 12.7. The number of nitrogens with zero attached hydrogens (tertiary/aromatic N) is 10. The second-order valence-corrected chi connectivity index (χ2v) is 17.8. The van der Waals surface area contributed by atoms with Gasteiger partial charge in [-0.3, -0.25) is 9.11 Å². The molecule has 0 aliphatic heterocycles. The molecule has 0 radical (unpaired) electrons. The zero-order valence-corrected chi connectivity index (χ0v) is 37.7. The van der Waals surface area contributed by atoms with E-state index in [1.165, 1.54) is 69.9 Å². The molecule has 64 heavy (non-hydrogen) atoms. The minimum atomic E-state index is -4.94. The highest BCUT2D eigenvalue weighted by Gasteiger charge is 2.22. The van der Waals surface area contributed by atoms with E-state index in [1.807, 2.05) is 0 Å². The van der Waals surface area contributed by atoms with Gasteiger partial charge in [0.05, 0.1) is 37.6 Å². The van der Waals surface area contributed by atoms with Crippen molar-refractivity contribution in [2.45, 2.75) is 61.9 Å². The first-order valence-corrected chi connectivity index (χ1v) is 22.7. The molecule has 0 spiro atoms. The van der Waals surface area contributed by atoms with Gasteiger partial charge in [0.15, 0.2) is 0 Å². The number of nitrogens with one attached hydrogen (secondary N) is 2. The molecule has 2 aromatic carbocycles. The van der Waals surface area contributed by atoms with Crippen molar-refractivity contribution in [1.82, 2.24) is 29.9 Å². The first-order chi connectivity index (χ1) is 30.0. The van der Waals surface area contributed by atoms with Crippen LogP contribution in [0.1, 0.15) is 38.8 Å². The predicted octanol–water partition coefficient (Wildman–Crippen LogP) is 0.201. The molecule has 0 amide bonds. The maximum absolute atomic E-state index is 12.7. The lowest BCUT2D eigenvalue weighted by atomic mass is 10.1. The molecule has 2 heterocycles. The van der Waals surface area contributed by atoms with Crippen molar-refractivity contribution in [1.29, 1.82) is 0 Å². The van der Waals surface area contributed by atoms with E-state index in [-0.39, 0.29) is 111 Å². The van der Waals surface area contributed by atoms with Crippen LogP contribution in [0.3, 0.4) is 0 Å². The first-order valence-electron chi connectivity index (χ1n) is 19.8. The van der Waals surface area contributed by atoms with Crippen molar-refractivity contribution in [3.8, 4) is 0 Å². The van der Waals surface area contributed by atoms with Crippen LogP contribution < -0.4 is 30.2 Å². The maximum Gasteiger partial charge on any atom is 0.295 e. The molecule has 0 saturated carbocycles. The third-order valence-corrected chi connectivity index (χ3v) is 10.6. The summed E-state index contributed by atoms with van der Waals surface area (Å²) in [6.07, 6.45) is -0.810. The van der Waals surface area contributed by atoms with Gasteiger partial charge in [0.1, 0.15) is 9.79 Å². The summed E-state index contributed by atoms with van der Waals surface area (Å²) in [5.74, 6) is 0.0822. The molecule has 0 saturated heterocycles. The predicted molar refractivity (Wildman–Crippen MR) is 240 cm³/mol. The summed E-state index contributed by atoms with van der Waals surface area (Å²) in [5.41, 5.74) is -0.0206. The normalized spacial score (nSPS) is 13.9. The lowest BCUT2D eigenvalue weighted by molar-refractivity contribution is 0.195. The van der Waals surface area contributed by atoms with Crippen molar-refractivity contribution in [3.63, 3.8) is 0 Å². The number of likely N-dealkylation sites (N-methyl/N-ethyl adjacent to an activating group) is 2. The minimum absolute atomic E-state index is 0.0385. The van der Waals surface area contributed by atoms with E-state index < -0.39 is 54.4 Å². The number of aliphatic hydroxyl groups is 6. The fourth-order valence-corrected chi connectivity index (χ4v) is 7.63. The highest BCUT2D eigenvalue weighted by atomic mass is 32.2. The van der Waals surface area contributed by atoms with Crippen LogP contribution in [-0.2, 0) is 20.2 Å². The summed E-state index contributed by atoms with van der Waals surface area (Å²) in [6.45, 7) is 6.00. The molecule has 2 aromatic heterocycles. The molecular weight excluding hydrogens is 881 g/mol. The molecule has 352 valence electrons. The monoisotopic (exact) mass is 936 g/mol. The molecule has 4 rings (SSSR count). The van der Waals surface area contributed by atoms with Gasteiger partial charge < -0.3 is 60.9 Å². The molecule has 0 aliphatic carbocycles. The number of hydrogen-bond acceptors (Lipinski definition) is 22. The van der Waals surface area contributed by atoms with Crippen LogP contribution in [0.5, 0.6) is 0 Å². The van der Waals surface area contributed by atoms with Gasteiger partial charge in [-0.05, 0) is 63.1 Å². The van der Waals surface area contributed by atoms with E-state index in [1.54, 1.807) is 27.9 Å². The van der Waals surface area contributed by atoms with Crippen molar-refractivity contribution in [2.75, 3.05) is 96.8 Å². The second kappa shape index (κ2) is 22.5. The molecule has 24 nitrogen and oxygen atoms in total. The zero-order valence-electron chi connectivity index (χ0n) is 36.1. The Bertz CT molecular complexity index is 2280. The third-order valence-electron chi connectivity index (χ3n) is 8.80. The summed E-state index contributed by atoms with van der Waals surface area (Å²) >= 11 is 0. The van der Waals surface area contributed by atoms with Crippen LogP contribution in [0.4, 0.5) is 47.1 Å². The molecular formula is C38H56N12O12S2. The summed E-state index contributed by atoms with van der Waals surface area (Å²) in [5, 5.41) is 65.2. The Balaban J connectivity index is 1.73. The van der Waals surface area contributed by atoms with E-state index in [4.69, 9.17) is 0 Å². The Kier molecular flexibility index (Phi) is 18.0. The van der Waals surface area contributed by atoms with Crippen LogP contribution >= 0.6 is 0 Å². The SMILES string of the molecule is CC(O)CN(C)c1nc(Nc2ccc(C=Cc3ccc(Nc4nc(N(C)CC(C)O)nc(N(CCO)CC(C)O)n4)cc3S(=O)(=O)O)c(S(=O)(=O)O)c2)nc(N(CCO)CC(C)O)n1. The number of aliphatic hydroxyl groups excluding tert-OH is 6. The quantitative estimate of drug-likeness (QED) is 0.0331. The molecule has 0 fully saturated rings. The fraction of sp³-hybridized carbons (Fsp3) is 0.474. The molecule has 4 unspecified atom stereocenters. The molecule has 4 aromatic rings. The number of benzene rings is 2. The molecule has 10 N–H and O–H groups in total. The van der Waals surface area contributed by atoms with E-state index in [0.29, 0.717) is 0 Å².